The third-order valence-electron chi connectivity index (χ3n) is 10.5. The van der Waals surface area contributed by atoms with Gasteiger partial charge in [0.1, 0.15) is 36.1 Å². The average Bonchev–Trinajstić information content (AvgIpc) is 3.56. The molecule has 16 heteroatoms. The van der Waals surface area contributed by atoms with Crippen molar-refractivity contribution in [2.75, 3.05) is 58.8 Å². The van der Waals surface area contributed by atoms with Crippen molar-refractivity contribution in [1.82, 2.24) is 4.98 Å². The lowest BCUT2D eigenvalue weighted by Gasteiger charge is -2.24. The van der Waals surface area contributed by atoms with Crippen molar-refractivity contribution >= 4 is 58.0 Å². The maximum absolute atomic E-state index is 12.8. The topological polar surface area (TPSA) is 210 Å². The SMILES string of the molecule is COc1cc2c(c(OC)c1-c1ccc(Cl)cc1)C(c1cccc(C(N)=O)c1)=NCC(=O)N2C.COc1cc2c(c(OC)c1-c1cccnc1)C(c1cccc(C(N)=O)c1)=NCC(=O)N2. The van der Waals surface area contributed by atoms with E-state index in [1.807, 2.05) is 30.3 Å². The molecule has 5 N–H and O–H groups in total. The van der Waals surface area contributed by atoms with E-state index in [0.717, 1.165) is 11.1 Å². The lowest BCUT2D eigenvalue weighted by atomic mass is 9.92. The molecule has 3 heterocycles. The molecule has 0 atom stereocenters. The normalized spacial score (nSPS) is 13.0. The van der Waals surface area contributed by atoms with E-state index in [1.54, 1.807) is 115 Å². The molecule has 6 aromatic rings. The highest BCUT2D eigenvalue weighted by molar-refractivity contribution is 6.30. The number of hydrogen-bond donors (Lipinski definition) is 3. The summed E-state index contributed by atoms with van der Waals surface area (Å²) >= 11 is 6.10. The summed E-state index contributed by atoms with van der Waals surface area (Å²) in [6, 6.07) is 28.1. The van der Waals surface area contributed by atoms with Crippen LogP contribution in [-0.2, 0) is 9.59 Å². The van der Waals surface area contributed by atoms with Gasteiger partial charge in [0.05, 0.1) is 73.5 Å². The predicted molar refractivity (Wildman–Crippen MR) is 246 cm³/mol. The van der Waals surface area contributed by atoms with Gasteiger partial charge in [-0.05, 0) is 48.0 Å². The Hall–Kier alpha value is -8.04. The lowest BCUT2D eigenvalue weighted by Crippen LogP contribution is -2.28. The van der Waals surface area contributed by atoms with E-state index in [-0.39, 0.29) is 24.9 Å². The van der Waals surface area contributed by atoms with Gasteiger partial charge < -0.3 is 40.6 Å². The number of halogens is 1. The lowest BCUT2D eigenvalue weighted by molar-refractivity contribution is -0.117. The van der Waals surface area contributed by atoms with E-state index in [2.05, 4.69) is 20.3 Å². The number of primary amides is 2. The summed E-state index contributed by atoms with van der Waals surface area (Å²) in [5.41, 5.74) is 19.1. The third-order valence-corrected chi connectivity index (χ3v) is 10.7. The molecule has 0 saturated carbocycles. The number of carbonyl (C=O) groups is 4. The molecular formula is C48H42ClN7O8. The monoisotopic (exact) mass is 879 g/mol. The van der Waals surface area contributed by atoms with Crippen molar-refractivity contribution in [3.63, 3.8) is 0 Å². The number of nitrogens with two attached hydrogens (primary N) is 2. The average molecular weight is 880 g/mol. The van der Waals surface area contributed by atoms with Crippen LogP contribution in [-0.4, -0.2) is 88.6 Å². The van der Waals surface area contributed by atoms with Gasteiger partial charge in [0.25, 0.3) is 0 Å². The zero-order valence-corrected chi connectivity index (χ0v) is 36.1. The Kier molecular flexibility index (Phi) is 13.0. The van der Waals surface area contributed by atoms with Crippen LogP contribution in [0.15, 0.2) is 119 Å². The summed E-state index contributed by atoms with van der Waals surface area (Å²) in [5, 5.41) is 3.47. The molecule has 1 aromatic heterocycles. The quantitative estimate of drug-likeness (QED) is 0.135. The Morgan fingerprint density at radius 1 is 0.641 bits per heavy atom. The number of benzene rings is 5. The molecule has 0 bridgehead atoms. The van der Waals surface area contributed by atoms with Crippen LogP contribution in [0.3, 0.4) is 0 Å². The maximum atomic E-state index is 12.8. The van der Waals surface area contributed by atoms with Gasteiger partial charge >= 0.3 is 0 Å². The first-order valence-corrected chi connectivity index (χ1v) is 20.0. The second-order valence-electron chi connectivity index (χ2n) is 14.3. The molecule has 0 fully saturated rings. The molecule has 64 heavy (non-hydrogen) atoms. The van der Waals surface area contributed by atoms with Crippen molar-refractivity contribution < 1.29 is 38.1 Å². The van der Waals surface area contributed by atoms with Crippen LogP contribution in [0.2, 0.25) is 5.02 Å². The number of hydrogen-bond acceptors (Lipinski definition) is 11. The summed E-state index contributed by atoms with van der Waals surface area (Å²) < 4.78 is 23.1. The minimum absolute atomic E-state index is 0.0664. The van der Waals surface area contributed by atoms with E-state index >= 15 is 0 Å². The number of likely N-dealkylation sites (N-methyl/N-ethyl adjacent to an activating group) is 1. The second-order valence-corrected chi connectivity index (χ2v) is 14.7. The fraction of sp³-hybridized carbons (Fsp3) is 0.146. The van der Waals surface area contributed by atoms with Gasteiger partial charge in [-0.1, -0.05) is 54.1 Å². The first-order chi connectivity index (χ1) is 30.9. The summed E-state index contributed by atoms with van der Waals surface area (Å²) in [7, 11) is 7.88. The smallest absolute Gasteiger partial charge is 0.248 e. The van der Waals surface area contributed by atoms with Crippen molar-refractivity contribution in [2.45, 2.75) is 0 Å². The number of fused-ring (bicyclic) bond motifs is 2. The Morgan fingerprint density at radius 2 is 1.19 bits per heavy atom. The van der Waals surface area contributed by atoms with Gasteiger partial charge in [0.2, 0.25) is 23.6 Å². The largest absolute Gasteiger partial charge is 0.496 e. The molecular weight excluding hydrogens is 838 g/mol. The molecule has 0 spiro atoms. The number of ether oxygens (including phenoxy) is 4. The van der Waals surface area contributed by atoms with Gasteiger partial charge in [0, 0.05) is 64.4 Å². The van der Waals surface area contributed by atoms with Crippen molar-refractivity contribution in [3.05, 3.63) is 148 Å². The third kappa shape index (κ3) is 8.69. The Bertz CT molecular complexity index is 2880. The first kappa shape index (κ1) is 44.0. The van der Waals surface area contributed by atoms with Gasteiger partial charge in [-0.25, -0.2) is 0 Å². The fourth-order valence-corrected chi connectivity index (χ4v) is 7.61. The Labute approximate surface area is 373 Å². The summed E-state index contributed by atoms with van der Waals surface area (Å²) in [5.74, 6) is 0.410. The summed E-state index contributed by atoms with van der Waals surface area (Å²) in [6.07, 6.45) is 3.38. The van der Waals surface area contributed by atoms with Crippen LogP contribution >= 0.6 is 11.6 Å². The van der Waals surface area contributed by atoms with Crippen LogP contribution in [0.1, 0.15) is 43.0 Å². The first-order valence-electron chi connectivity index (χ1n) is 19.6. The highest BCUT2D eigenvalue weighted by atomic mass is 35.5. The zero-order valence-electron chi connectivity index (χ0n) is 35.4. The molecule has 5 aromatic carbocycles. The van der Waals surface area contributed by atoms with Gasteiger partial charge in [-0.15, -0.1) is 0 Å². The van der Waals surface area contributed by atoms with Crippen molar-refractivity contribution in [2.24, 2.45) is 21.5 Å². The van der Waals surface area contributed by atoms with E-state index in [1.165, 1.54) is 4.90 Å². The number of aliphatic imine (C=N–C) groups is 2. The molecule has 0 radical (unpaired) electrons. The number of amides is 4. The zero-order chi connectivity index (χ0) is 45.7. The van der Waals surface area contributed by atoms with Crippen LogP contribution < -0.4 is 40.6 Å². The van der Waals surface area contributed by atoms with E-state index in [4.69, 9.17) is 42.0 Å². The van der Waals surface area contributed by atoms with E-state index < -0.39 is 11.8 Å². The highest BCUT2D eigenvalue weighted by Crippen LogP contribution is 2.48. The number of nitrogens with zero attached hydrogens (tertiary/aromatic N) is 4. The molecule has 2 aliphatic rings. The number of methoxy groups -OCH3 is 4. The molecule has 0 unspecified atom stereocenters. The molecule has 0 aliphatic carbocycles. The summed E-state index contributed by atoms with van der Waals surface area (Å²) in [4.78, 5) is 63.5. The number of anilines is 2. The number of rotatable bonds is 10. The van der Waals surface area contributed by atoms with Gasteiger partial charge in [-0.3, -0.25) is 34.1 Å². The van der Waals surface area contributed by atoms with E-state index in [0.29, 0.717) is 95.3 Å². The Morgan fingerprint density at radius 3 is 1.75 bits per heavy atom. The van der Waals surface area contributed by atoms with Crippen LogP contribution in [0.5, 0.6) is 23.0 Å². The number of pyridine rings is 1. The van der Waals surface area contributed by atoms with Crippen LogP contribution in [0.25, 0.3) is 22.3 Å². The van der Waals surface area contributed by atoms with E-state index in [9.17, 15) is 19.2 Å². The summed E-state index contributed by atoms with van der Waals surface area (Å²) in [6.45, 7) is -0.151. The number of carbonyl (C=O) groups excluding carboxylic acids is 4. The fourth-order valence-electron chi connectivity index (χ4n) is 7.48. The van der Waals surface area contributed by atoms with Crippen molar-refractivity contribution in [1.29, 1.82) is 0 Å². The molecule has 2 aliphatic heterocycles. The molecule has 8 rings (SSSR count). The second kappa shape index (κ2) is 18.9. The van der Waals surface area contributed by atoms with Crippen molar-refractivity contribution in [3.8, 4) is 45.3 Å². The maximum Gasteiger partial charge on any atom is 0.248 e. The number of benzodiazepines with no additional fused rings is 2. The Balaban J connectivity index is 0.000000192. The number of aromatic nitrogens is 1. The highest BCUT2D eigenvalue weighted by Gasteiger charge is 2.32. The van der Waals surface area contributed by atoms with Crippen LogP contribution in [0, 0.1) is 0 Å². The minimum atomic E-state index is -0.553. The standard InChI is InChI=1S/C25H22ClN3O4.C23H20N4O4/c1-29-18-12-19(32-2)21(14-7-9-17(26)10-8-14)24(33-3)22(18)23(28-13-20(29)30)15-5-4-6-16(11-15)25(27)31;1-30-17-10-16-20(22(31-2)19(17)15-7-4-8-25-11-15)21(26-12-18(28)27-16)13-5-3-6-14(9-13)23(24)29/h4-12H,13H2,1-3H3,(H2,27,31);3-11H,12H2,1-2H3,(H2,24,29)(H,27,28). The molecule has 324 valence electrons. The predicted octanol–water partition coefficient (Wildman–Crippen LogP) is 6.59. The molecule has 15 nitrogen and oxygen atoms in total. The molecule has 0 saturated heterocycles. The van der Waals surface area contributed by atoms with Gasteiger partial charge in [0.15, 0.2) is 0 Å². The molecule has 4 amide bonds. The van der Waals surface area contributed by atoms with Gasteiger partial charge in [-0.2, -0.15) is 0 Å². The minimum Gasteiger partial charge on any atom is -0.496 e. The van der Waals surface area contributed by atoms with Crippen LogP contribution in [0.4, 0.5) is 11.4 Å². The number of nitrogens with one attached hydrogen (secondary N) is 1.